The van der Waals surface area contributed by atoms with Crippen LogP contribution >= 0.6 is 0 Å². The van der Waals surface area contributed by atoms with Gasteiger partial charge in [0.05, 0.1) is 17.1 Å². The lowest BCUT2D eigenvalue weighted by Gasteiger charge is -2.74. The highest BCUT2D eigenvalue weighted by atomic mass is 16.4. The van der Waals surface area contributed by atoms with Crippen molar-refractivity contribution < 1.29 is 20.1 Å². The molecule has 4 saturated carbocycles. The molecule has 0 heterocycles. The SMILES string of the molecule is C[C@@H]1[C@@H]2[C@](C(=O)O)(CC[C@@H]1C)CC[C@]1(C)[C@]2(O)C=C[C@@H]2[C@@]3(C)CC[C@H](O)C(C)(C)[C@@H]3CC[C@]21C. The Hall–Kier alpha value is -0.870. The number of hydrogen-bond donors (Lipinski definition) is 3. The second kappa shape index (κ2) is 7.12. The summed E-state index contributed by atoms with van der Waals surface area (Å²) in [4.78, 5) is 12.8. The highest BCUT2D eigenvalue weighted by Gasteiger charge is 2.75. The second-order valence-electron chi connectivity index (χ2n) is 14.7. The fraction of sp³-hybridized carbons (Fsp3) is 0.900. The molecule has 3 N–H and O–H groups in total. The van der Waals surface area contributed by atoms with Crippen LogP contribution in [-0.2, 0) is 4.79 Å². The van der Waals surface area contributed by atoms with Gasteiger partial charge in [-0.25, -0.2) is 0 Å². The number of carbonyl (C=O) groups is 1. The van der Waals surface area contributed by atoms with Gasteiger partial charge >= 0.3 is 5.97 Å². The van der Waals surface area contributed by atoms with Crippen molar-refractivity contribution >= 4 is 5.97 Å². The van der Waals surface area contributed by atoms with Crippen molar-refractivity contribution in [3.8, 4) is 0 Å². The minimum atomic E-state index is -1.12. The predicted octanol–water partition coefficient (Wildman–Crippen LogP) is 6.06. The van der Waals surface area contributed by atoms with Crippen LogP contribution in [0.2, 0.25) is 0 Å². The maximum absolute atomic E-state index is 12.8. The van der Waals surface area contributed by atoms with E-state index in [0.717, 1.165) is 38.5 Å². The van der Waals surface area contributed by atoms with Gasteiger partial charge in [-0.2, -0.15) is 0 Å². The topological polar surface area (TPSA) is 77.8 Å². The Bertz CT molecular complexity index is 909. The van der Waals surface area contributed by atoms with Crippen LogP contribution in [0.3, 0.4) is 0 Å². The summed E-state index contributed by atoms with van der Waals surface area (Å²) in [5.74, 6) is 0.378. The van der Waals surface area contributed by atoms with Crippen LogP contribution in [0.25, 0.3) is 0 Å². The van der Waals surface area contributed by atoms with Gasteiger partial charge in [-0.05, 0) is 91.3 Å². The first-order valence-corrected chi connectivity index (χ1v) is 13.9. The summed E-state index contributed by atoms with van der Waals surface area (Å²) in [5.41, 5.74) is -2.46. The number of aliphatic carboxylic acids is 1. The molecule has 0 spiro atoms. The molecule has 0 aromatic heterocycles. The van der Waals surface area contributed by atoms with Gasteiger partial charge in [-0.3, -0.25) is 4.79 Å². The molecule has 4 nitrogen and oxygen atoms in total. The number of aliphatic hydroxyl groups excluding tert-OH is 1. The zero-order valence-corrected chi connectivity index (χ0v) is 22.5. The summed E-state index contributed by atoms with van der Waals surface area (Å²) in [6.07, 6.45) is 11.1. The van der Waals surface area contributed by atoms with Gasteiger partial charge in [0.25, 0.3) is 0 Å². The molecule has 192 valence electrons. The molecule has 4 heteroatoms. The van der Waals surface area contributed by atoms with Gasteiger partial charge < -0.3 is 15.3 Å². The summed E-state index contributed by atoms with van der Waals surface area (Å²) < 4.78 is 0. The molecule has 0 unspecified atom stereocenters. The van der Waals surface area contributed by atoms with Crippen LogP contribution < -0.4 is 0 Å². The molecule has 0 saturated heterocycles. The number of rotatable bonds is 1. The smallest absolute Gasteiger partial charge is 0.310 e. The Morgan fingerprint density at radius 1 is 0.912 bits per heavy atom. The summed E-state index contributed by atoms with van der Waals surface area (Å²) in [6.45, 7) is 16.1. The standard InChI is InChI=1S/C30H48O4/c1-18-8-14-29(24(32)33)17-16-28(7)27(6)13-9-20-25(3,4)22(31)11-12-26(20,5)21(27)10-15-30(28,34)23(29)19(18)2/h10,15,18-23,31,34H,8-9,11-14,16-17H2,1-7H3,(H,32,33)/t18-,19-,20-,21+,22-,23+,26-,27+,28-,29-,30-/m0/s1. The average Bonchev–Trinajstić information content (AvgIpc) is 2.75. The third-order valence-corrected chi connectivity index (χ3v) is 13.6. The van der Waals surface area contributed by atoms with Crippen molar-refractivity contribution in [2.45, 2.75) is 112 Å². The molecule has 0 bridgehead atoms. The molecule has 4 fully saturated rings. The van der Waals surface area contributed by atoms with Crippen LogP contribution in [0.4, 0.5) is 0 Å². The maximum Gasteiger partial charge on any atom is 0.310 e. The van der Waals surface area contributed by atoms with E-state index in [-0.39, 0.29) is 39.6 Å². The summed E-state index contributed by atoms with van der Waals surface area (Å²) in [6, 6.07) is 0. The Labute approximate surface area is 206 Å². The second-order valence-corrected chi connectivity index (χ2v) is 14.7. The lowest BCUT2D eigenvalue weighted by Crippen LogP contribution is -2.74. The minimum absolute atomic E-state index is 0.0728. The van der Waals surface area contributed by atoms with E-state index in [1.807, 2.05) is 0 Å². The van der Waals surface area contributed by atoms with E-state index in [4.69, 9.17) is 0 Å². The first-order valence-electron chi connectivity index (χ1n) is 13.9. The van der Waals surface area contributed by atoms with Crippen molar-refractivity contribution in [1.29, 1.82) is 0 Å². The number of carboxylic acid groups (broad SMARTS) is 1. The van der Waals surface area contributed by atoms with Gasteiger partial charge in [-0.15, -0.1) is 0 Å². The van der Waals surface area contributed by atoms with Crippen molar-refractivity contribution in [3.63, 3.8) is 0 Å². The predicted molar refractivity (Wildman–Crippen MR) is 134 cm³/mol. The largest absolute Gasteiger partial charge is 0.481 e. The maximum atomic E-state index is 12.8. The zero-order valence-electron chi connectivity index (χ0n) is 22.5. The monoisotopic (exact) mass is 472 g/mol. The number of hydrogen-bond acceptors (Lipinski definition) is 3. The molecule has 0 aliphatic heterocycles. The molecular weight excluding hydrogens is 424 g/mol. The normalized spacial score (nSPS) is 58.1. The van der Waals surface area contributed by atoms with Crippen molar-refractivity contribution in [2.75, 3.05) is 0 Å². The van der Waals surface area contributed by atoms with E-state index < -0.39 is 17.0 Å². The van der Waals surface area contributed by atoms with E-state index in [1.165, 1.54) is 0 Å². The Kier molecular flexibility index (Phi) is 5.20. The van der Waals surface area contributed by atoms with Crippen molar-refractivity contribution in [2.24, 2.45) is 56.7 Å². The molecule has 0 radical (unpaired) electrons. The van der Waals surface area contributed by atoms with E-state index in [0.29, 0.717) is 30.6 Å². The van der Waals surface area contributed by atoms with Crippen LogP contribution in [-0.4, -0.2) is 33.0 Å². The minimum Gasteiger partial charge on any atom is -0.481 e. The van der Waals surface area contributed by atoms with Crippen molar-refractivity contribution in [3.05, 3.63) is 12.2 Å². The summed E-state index contributed by atoms with van der Waals surface area (Å²) >= 11 is 0. The zero-order chi connectivity index (χ0) is 25.1. The molecule has 5 rings (SSSR count). The van der Waals surface area contributed by atoms with Crippen LogP contribution in [0.5, 0.6) is 0 Å². The molecule has 11 atom stereocenters. The highest BCUT2D eigenvalue weighted by molar-refractivity contribution is 5.76. The van der Waals surface area contributed by atoms with Gasteiger partial charge in [0.2, 0.25) is 0 Å². The van der Waals surface area contributed by atoms with Crippen molar-refractivity contribution in [1.82, 2.24) is 0 Å². The number of fused-ring (bicyclic) bond motifs is 7. The molecule has 5 aliphatic rings. The first kappa shape index (κ1) is 24.8. The fourth-order valence-electron chi connectivity index (χ4n) is 11.0. The van der Waals surface area contributed by atoms with Gasteiger partial charge in [-0.1, -0.05) is 60.6 Å². The lowest BCUT2D eigenvalue weighted by atomic mass is 9.31. The van der Waals surface area contributed by atoms with Crippen LogP contribution in [0, 0.1) is 56.7 Å². The molecule has 5 aliphatic carbocycles. The average molecular weight is 473 g/mol. The van der Waals surface area contributed by atoms with E-state index in [2.05, 4.69) is 60.6 Å². The molecular formula is C30H48O4. The molecule has 0 aromatic rings. The lowest BCUT2D eigenvalue weighted by molar-refractivity contribution is -0.277. The number of allylic oxidation sites excluding steroid dienone is 1. The van der Waals surface area contributed by atoms with Gasteiger partial charge in [0.15, 0.2) is 0 Å². The van der Waals surface area contributed by atoms with E-state index >= 15 is 0 Å². The number of aliphatic hydroxyl groups is 2. The summed E-state index contributed by atoms with van der Waals surface area (Å²) in [5, 5.41) is 34.2. The quantitative estimate of drug-likeness (QED) is 0.405. The highest BCUT2D eigenvalue weighted by Crippen LogP contribution is 2.76. The first-order chi connectivity index (χ1) is 15.6. The van der Waals surface area contributed by atoms with Crippen LogP contribution in [0.1, 0.15) is 99.8 Å². The van der Waals surface area contributed by atoms with E-state index in [9.17, 15) is 20.1 Å². The molecule has 0 aromatic carbocycles. The van der Waals surface area contributed by atoms with Gasteiger partial charge in [0.1, 0.15) is 0 Å². The van der Waals surface area contributed by atoms with Crippen LogP contribution in [0.15, 0.2) is 12.2 Å². The Morgan fingerprint density at radius 2 is 1.59 bits per heavy atom. The van der Waals surface area contributed by atoms with E-state index in [1.54, 1.807) is 0 Å². The third-order valence-electron chi connectivity index (χ3n) is 13.6. The Morgan fingerprint density at radius 3 is 2.24 bits per heavy atom. The molecule has 0 amide bonds. The fourth-order valence-corrected chi connectivity index (χ4v) is 11.0. The summed E-state index contributed by atoms with van der Waals surface area (Å²) in [7, 11) is 0. The Balaban J connectivity index is 1.66. The number of carboxylic acids is 1. The third kappa shape index (κ3) is 2.61. The molecule has 34 heavy (non-hydrogen) atoms. The van der Waals surface area contributed by atoms with Gasteiger partial charge in [0, 0.05) is 11.3 Å².